The summed E-state index contributed by atoms with van der Waals surface area (Å²) < 4.78 is 12.3. The molecule has 0 aromatic carbocycles. The van der Waals surface area contributed by atoms with Crippen molar-refractivity contribution in [1.82, 2.24) is 0 Å². The zero-order chi connectivity index (χ0) is 8.57. The third-order valence-electron chi connectivity index (χ3n) is 0.287. The molecule has 6 heteroatoms. The summed E-state index contributed by atoms with van der Waals surface area (Å²) in [5.41, 5.74) is 0. The van der Waals surface area contributed by atoms with Crippen LogP contribution < -0.4 is 0 Å². The summed E-state index contributed by atoms with van der Waals surface area (Å²) in [4.78, 5) is 19.6. The van der Waals surface area contributed by atoms with E-state index in [0.717, 1.165) is 0 Å². The molecule has 0 aromatic rings. The van der Waals surface area contributed by atoms with Gasteiger partial charge in [0.05, 0.1) is 0 Å². The van der Waals surface area contributed by atoms with Gasteiger partial charge in [0.1, 0.15) is 0 Å². The minimum atomic E-state index is -0.562. The number of rotatable bonds is 0. The minimum absolute atomic E-state index is 0.250. The Balaban J connectivity index is 0. The quantitative estimate of drug-likeness (QED) is 0.270. The molecule has 56 valence electrons. The van der Waals surface area contributed by atoms with Crippen LogP contribution in [0.2, 0.25) is 0 Å². The maximum atomic E-state index is 9.81. The molecule has 0 saturated carbocycles. The normalized spacial score (nSPS) is 6.20. The molecular weight excluding hydrogens is 139 g/mol. The summed E-state index contributed by atoms with van der Waals surface area (Å²) in [6.07, 6.45) is 0. The molecule has 0 aliphatic rings. The first-order valence-electron chi connectivity index (χ1n) is 2.31. The third kappa shape index (κ3) is 29.1. The number of hydrogen-bond donors (Lipinski definition) is 1. The van der Waals surface area contributed by atoms with E-state index < -0.39 is 11.9 Å². The Bertz CT molecular complexity index is 120. The first-order chi connectivity index (χ1) is 4.54. The predicted octanol–water partition coefficient (Wildman–Crippen LogP) is -0.961. The molecule has 0 aliphatic heterocycles. The molecule has 0 fully saturated rings. The molecule has 10 heavy (non-hydrogen) atoms. The molecular formula is C4H7BO5. The van der Waals surface area contributed by atoms with Gasteiger partial charge >= 0.3 is 29.0 Å². The van der Waals surface area contributed by atoms with Crippen LogP contribution in [-0.2, 0) is 19.0 Å². The SMILES string of the molecule is CC(=O)OC(C)=O.O=BO. The second kappa shape index (κ2) is 7.80. The molecule has 5 nitrogen and oxygen atoms in total. The van der Waals surface area contributed by atoms with Crippen molar-refractivity contribution in [2.75, 3.05) is 0 Å². The summed E-state index contributed by atoms with van der Waals surface area (Å²) in [5, 5.41) is 6.89. The fourth-order valence-corrected chi connectivity index (χ4v) is 0.202. The Morgan fingerprint density at radius 1 is 1.30 bits per heavy atom. The maximum absolute atomic E-state index is 9.81. The molecule has 0 rings (SSSR count). The molecule has 0 atom stereocenters. The molecule has 0 heterocycles. The van der Waals surface area contributed by atoms with E-state index in [9.17, 15) is 9.59 Å². The van der Waals surface area contributed by atoms with Gasteiger partial charge in [-0.2, -0.15) is 0 Å². The molecule has 0 saturated heterocycles. The van der Waals surface area contributed by atoms with Crippen LogP contribution in [0.5, 0.6) is 0 Å². The Morgan fingerprint density at radius 3 is 1.50 bits per heavy atom. The summed E-state index contributed by atoms with van der Waals surface area (Å²) in [6, 6.07) is 0. The molecule has 0 radical (unpaired) electrons. The van der Waals surface area contributed by atoms with E-state index in [1.54, 1.807) is 0 Å². The Hall–Kier alpha value is -1.20. The molecule has 0 aliphatic carbocycles. The van der Waals surface area contributed by atoms with Crippen molar-refractivity contribution >= 4 is 19.3 Å². The fraction of sp³-hybridized carbons (Fsp3) is 0.500. The van der Waals surface area contributed by atoms with Crippen LogP contribution in [0.25, 0.3) is 0 Å². The zero-order valence-corrected chi connectivity index (χ0v) is 5.66. The zero-order valence-electron chi connectivity index (χ0n) is 5.66. The van der Waals surface area contributed by atoms with Gasteiger partial charge in [0.15, 0.2) is 0 Å². The van der Waals surface area contributed by atoms with E-state index in [1.807, 2.05) is 0 Å². The van der Waals surface area contributed by atoms with Crippen LogP contribution in [0.4, 0.5) is 0 Å². The average molecular weight is 146 g/mol. The van der Waals surface area contributed by atoms with Gasteiger partial charge in [-0.05, 0) is 0 Å². The van der Waals surface area contributed by atoms with E-state index in [-0.39, 0.29) is 7.35 Å². The molecule has 0 aromatic heterocycles. The molecule has 0 unspecified atom stereocenters. The van der Waals surface area contributed by atoms with Crippen LogP contribution in [-0.4, -0.2) is 24.3 Å². The van der Waals surface area contributed by atoms with Crippen molar-refractivity contribution < 1.29 is 24.1 Å². The van der Waals surface area contributed by atoms with E-state index in [1.165, 1.54) is 13.8 Å². The number of esters is 2. The number of carbonyl (C=O) groups is 2. The van der Waals surface area contributed by atoms with Crippen LogP contribution in [0.15, 0.2) is 0 Å². The average Bonchev–Trinajstić information content (AvgIpc) is 1.62. The van der Waals surface area contributed by atoms with Gasteiger partial charge in [-0.15, -0.1) is 0 Å². The van der Waals surface area contributed by atoms with Gasteiger partial charge in [-0.25, -0.2) is 0 Å². The Kier molecular flexibility index (Phi) is 9.04. The summed E-state index contributed by atoms with van der Waals surface area (Å²) in [5.74, 6) is -1.12. The van der Waals surface area contributed by atoms with Gasteiger partial charge in [0.2, 0.25) is 0 Å². The predicted molar refractivity (Wildman–Crippen MR) is 31.1 cm³/mol. The molecule has 1 N–H and O–H groups in total. The van der Waals surface area contributed by atoms with Gasteiger partial charge in [0, 0.05) is 13.8 Å². The second-order valence-corrected chi connectivity index (χ2v) is 1.19. The number of hydrogen-bond acceptors (Lipinski definition) is 4. The van der Waals surface area contributed by atoms with Crippen LogP contribution in [0, 0.1) is 0 Å². The van der Waals surface area contributed by atoms with Gasteiger partial charge in [-0.1, -0.05) is 0 Å². The van der Waals surface area contributed by atoms with E-state index in [4.69, 9.17) is 9.73 Å². The van der Waals surface area contributed by atoms with Crippen molar-refractivity contribution in [3.63, 3.8) is 0 Å². The number of carbonyl (C=O) groups excluding carboxylic acids is 2. The fourth-order valence-electron chi connectivity index (χ4n) is 0.202. The van der Waals surface area contributed by atoms with E-state index in [2.05, 4.69) is 4.74 Å². The third-order valence-corrected chi connectivity index (χ3v) is 0.287. The van der Waals surface area contributed by atoms with Crippen molar-refractivity contribution in [2.45, 2.75) is 13.8 Å². The van der Waals surface area contributed by atoms with Crippen molar-refractivity contribution in [3.05, 3.63) is 0 Å². The van der Waals surface area contributed by atoms with Crippen molar-refractivity contribution in [1.29, 1.82) is 0 Å². The van der Waals surface area contributed by atoms with Crippen LogP contribution in [0.1, 0.15) is 13.8 Å². The van der Waals surface area contributed by atoms with E-state index >= 15 is 0 Å². The molecule has 0 spiro atoms. The van der Waals surface area contributed by atoms with Crippen molar-refractivity contribution in [2.24, 2.45) is 0 Å². The second-order valence-electron chi connectivity index (χ2n) is 1.19. The Labute approximate surface area is 58.3 Å². The van der Waals surface area contributed by atoms with Gasteiger partial charge in [-0.3, -0.25) is 9.59 Å². The van der Waals surface area contributed by atoms with Crippen LogP contribution in [0.3, 0.4) is 0 Å². The Morgan fingerprint density at radius 2 is 1.50 bits per heavy atom. The summed E-state index contributed by atoms with van der Waals surface area (Å²) in [6.45, 7) is 2.36. The standard InChI is InChI=1S/C4H6O3.BHO2/c1-3(5)7-4(2)6;2-1-3/h1-2H3;2H. The van der Waals surface area contributed by atoms with E-state index in [0.29, 0.717) is 0 Å². The van der Waals surface area contributed by atoms with Gasteiger partial charge < -0.3 is 4.74 Å². The summed E-state index contributed by atoms with van der Waals surface area (Å²) in [7, 11) is -0.250. The first-order valence-corrected chi connectivity index (χ1v) is 2.31. The summed E-state index contributed by atoms with van der Waals surface area (Å²) >= 11 is 0. The van der Waals surface area contributed by atoms with Gasteiger partial charge in [0.25, 0.3) is 0 Å². The topological polar surface area (TPSA) is 80.7 Å². The monoisotopic (exact) mass is 146 g/mol. The molecule has 0 amide bonds. The number of ether oxygens (including phenoxy) is 1. The first kappa shape index (κ1) is 11.6. The van der Waals surface area contributed by atoms with Crippen molar-refractivity contribution in [3.8, 4) is 0 Å². The molecule has 0 bridgehead atoms. The van der Waals surface area contributed by atoms with Crippen LogP contribution >= 0.6 is 0 Å².